The number of carbonyl (C=O) groups excluding carboxylic acids is 3. The zero-order valence-corrected chi connectivity index (χ0v) is 16.7. The molecule has 1 aromatic rings. The van der Waals surface area contributed by atoms with Gasteiger partial charge in [-0.1, -0.05) is 6.07 Å². The molecule has 0 aliphatic carbocycles. The largest absolute Gasteiger partial charge is 0.355 e. The number of benzene rings is 1. The van der Waals surface area contributed by atoms with Gasteiger partial charge in [0.2, 0.25) is 5.91 Å². The third-order valence-corrected chi connectivity index (χ3v) is 5.08. The van der Waals surface area contributed by atoms with Crippen molar-refractivity contribution in [2.45, 2.75) is 33.6 Å². The van der Waals surface area contributed by atoms with E-state index in [-0.39, 0.29) is 23.8 Å². The summed E-state index contributed by atoms with van der Waals surface area (Å²) in [5.41, 5.74) is 2.02. The summed E-state index contributed by atoms with van der Waals surface area (Å²) in [5.74, 6) is -0.551. The van der Waals surface area contributed by atoms with Crippen LogP contribution < -0.4 is 10.6 Å². The Bertz CT molecular complexity index is 700. The number of nitrogens with zero attached hydrogens (tertiary/aromatic N) is 2. The van der Waals surface area contributed by atoms with Crippen LogP contribution in [0.25, 0.3) is 0 Å². The van der Waals surface area contributed by atoms with Gasteiger partial charge in [-0.05, 0) is 51.3 Å². The summed E-state index contributed by atoms with van der Waals surface area (Å²) in [7, 11) is 1.57. The van der Waals surface area contributed by atoms with Crippen LogP contribution in [0.5, 0.6) is 0 Å². The fourth-order valence-corrected chi connectivity index (χ4v) is 3.34. The molecule has 27 heavy (non-hydrogen) atoms. The fourth-order valence-electron chi connectivity index (χ4n) is 3.34. The maximum Gasteiger partial charge on any atom is 0.320 e. The van der Waals surface area contributed by atoms with E-state index in [1.807, 2.05) is 26.8 Å². The van der Waals surface area contributed by atoms with Gasteiger partial charge in [0.05, 0.1) is 5.92 Å². The van der Waals surface area contributed by atoms with E-state index in [1.54, 1.807) is 29.0 Å². The molecule has 1 atom stereocenters. The highest BCUT2D eigenvalue weighted by Gasteiger charge is 2.30. The van der Waals surface area contributed by atoms with Gasteiger partial charge in [0, 0.05) is 44.5 Å². The first-order valence-corrected chi connectivity index (χ1v) is 9.58. The molecule has 0 saturated carbocycles. The molecule has 0 unspecified atom stereocenters. The first-order valence-electron chi connectivity index (χ1n) is 9.58. The van der Waals surface area contributed by atoms with Crippen molar-refractivity contribution in [3.8, 4) is 0 Å². The minimum atomic E-state index is -0.249. The number of aryl methyl sites for hydroxylation is 1. The van der Waals surface area contributed by atoms with Crippen LogP contribution in [0.1, 0.15) is 42.6 Å². The number of urea groups is 1. The van der Waals surface area contributed by atoms with Crippen molar-refractivity contribution in [2.24, 2.45) is 5.92 Å². The van der Waals surface area contributed by atoms with Gasteiger partial charge < -0.3 is 20.4 Å². The first-order chi connectivity index (χ1) is 12.9. The van der Waals surface area contributed by atoms with Crippen molar-refractivity contribution in [1.82, 2.24) is 15.1 Å². The predicted octanol–water partition coefficient (Wildman–Crippen LogP) is 2.47. The van der Waals surface area contributed by atoms with E-state index in [1.165, 1.54) is 0 Å². The van der Waals surface area contributed by atoms with Crippen LogP contribution in [-0.4, -0.2) is 60.9 Å². The van der Waals surface area contributed by atoms with Crippen LogP contribution in [0.3, 0.4) is 0 Å². The highest BCUT2D eigenvalue weighted by atomic mass is 16.2. The van der Waals surface area contributed by atoms with Crippen LogP contribution in [-0.2, 0) is 4.79 Å². The Hall–Kier alpha value is -2.57. The number of nitrogens with one attached hydrogen (secondary N) is 2. The summed E-state index contributed by atoms with van der Waals surface area (Å²) in [6.45, 7) is 8.23. The van der Waals surface area contributed by atoms with Crippen molar-refractivity contribution < 1.29 is 14.4 Å². The Kier molecular flexibility index (Phi) is 7.21. The molecule has 1 aliphatic heterocycles. The van der Waals surface area contributed by atoms with Gasteiger partial charge in [-0.15, -0.1) is 0 Å². The molecule has 2 rings (SSSR count). The zero-order chi connectivity index (χ0) is 20.0. The van der Waals surface area contributed by atoms with Crippen LogP contribution >= 0.6 is 0 Å². The quantitative estimate of drug-likeness (QED) is 0.831. The molecule has 2 N–H and O–H groups in total. The smallest absolute Gasteiger partial charge is 0.320 e. The second-order valence-corrected chi connectivity index (χ2v) is 6.84. The summed E-state index contributed by atoms with van der Waals surface area (Å²) in [5, 5.41) is 5.53. The van der Waals surface area contributed by atoms with Crippen LogP contribution in [0.15, 0.2) is 18.2 Å². The summed E-state index contributed by atoms with van der Waals surface area (Å²) in [6, 6.07) is 5.23. The van der Waals surface area contributed by atoms with Gasteiger partial charge in [-0.25, -0.2) is 4.79 Å². The molecule has 0 radical (unpaired) electrons. The number of carbonyl (C=O) groups is 3. The van der Waals surface area contributed by atoms with Crippen molar-refractivity contribution in [3.05, 3.63) is 29.3 Å². The molecule has 1 aliphatic rings. The molecule has 0 aromatic heterocycles. The maximum absolute atomic E-state index is 12.8. The summed E-state index contributed by atoms with van der Waals surface area (Å²) < 4.78 is 0. The minimum absolute atomic E-state index is 0.00436. The van der Waals surface area contributed by atoms with E-state index in [4.69, 9.17) is 0 Å². The molecule has 1 saturated heterocycles. The molecule has 4 amide bonds. The molecule has 1 aromatic carbocycles. The highest BCUT2D eigenvalue weighted by molar-refractivity contribution is 5.98. The highest BCUT2D eigenvalue weighted by Crippen LogP contribution is 2.22. The van der Waals surface area contributed by atoms with Gasteiger partial charge in [-0.3, -0.25) is 9.59 Å². The van der Waals surface area contributed by atoms with E-state index in [9.17, 15) is 14.4 Å². The molecule has 7 nitrogen and oxygen atoms in total. The fraction of sp³-hybridized carbons (Fsp3) is 0.550. The number of hydrogen-bond acceptors (Lipinski definition) is 3. The van der Waals surface area contributed by atoms with E-state index in [0.717, 1.165) is 18.4 Å². The SMILES string of the molecule is CCN(CC)C(=O)N1CCC[C@H](C(=O)Nc2cc(C(=O)NC)ccc2C)C1. The average molecular weight is 374 g/mol. The third-order valence-electron chi connectivity index (χ3n) is 5.08. The van der Waals surface area contributed by atoms with Crippen molar-refractivity contribution in [3.63, 3.8) is 0 Å². The summed E-state index contributed by atoms with van der Waals surface area (Å²) in [6.07, 6.45) is 1.56. The topological polar surface area (TPSA) is 81.8 Å². The van der Waals surface area contributed by atoms with Crippen LogP contribution in [0.2, 0.25) is 0 Å². The standard InChI is InChI=1S/C20H30N4O3/c1-5-23(6-2)20(27)24-11-7-8-16(13-24)19(26)22-17-12-15(18(25)21-4)10-9-14(17)3/h9-10,12,16H,5-8,11,13H2,1-4H3,(H,21,25)(H,22,26)/t16-/m0/s1. The molecule has 1 fully saturated rings. The summed E-state index contributed by atoms with van der Waals surface area (Å²) in [4.78, 5) is 40.7. The van der Waals surface area contributed by atoms with E-state index >= 15 is 0 Å². The lowest BCUT2D eigenvalue weighted by atomic mass is 9.97. The number of amides is 4. The van der Waals surface area contributed by atoms with Gasteiger partial charge in [0.1, 0.15) is 0 Å². The lowest BCUT2D eigenvalue weighted by Gasteiger charge is -2.35. The zero-order valence-electron chi connectivity index (χ0n) is 16.7. The van der Waals surface area contributed by atoms with Crippen molar-refractivity contribution >= 4 is 23.5 Å². The first kappa shape index (κ1) is 20.7. The Labute approximate surface area is 161 Å². The minimum Gasteiger partial charge on any atom is -0.355 e. The normalized spacial score (nSPS) is 16.6. The number of hydrogen-bond donors (Lipinski definition) is 2. The maximum atomic E-state index is 12.8. The molecule has 0 spiro atoms. The second kappa shape index (κ2) is 9.39. The summed E-state index contributed by atoms with van der Waals surface area (Å²) >= 11 is 0. The average Bonchev–Trinajstić information content (AvgIpc) is 2.69. The third kappa shape index (κ3) is 4.99. The van der Waals surface area contributed by atoms with Crippen molar-refractivity contribution in [2.75, 3.05) is 38.5 Å². The molecular formula is C20H30N4O3. The van der Waals surface area contributed by atoms with E-state index < -0.39 is 0 Å². The van der Waals surface area contributed by atoms with Gasteiger partial charge in [0.25, 0.3) is 5.91 Å². The lowest BCUT2D eigenvalue weighted by Crippen LogP contribution is -2.49. The van der Waals surface area contributed by atoms with Gasteiger partial charge in [-0.2, -0.15) is 0 Å². The van der Waals surface area contributed by atoms with Crippen LogP contribution in [0, 0.1) is 12.8 Å². The number of likely N-dealkylation sites (tertiary alicyclic amines) is 1. The Morgan fingerprint density at radius 2 is 1.93 bits per heavy atom. The van der Waals surface area contributed by atoms with E-state index in [2.05, 4.69) is 10.6 Å². The van der Waals surface area contributed by atoms with E-state index in [0.29, 0.717) is 37.4 Å². The Balaban J connectivity index is 2.07. The van der Waals surface area contributed by atoms with Crippen molar-refractivity contribution in [1.29, 1.82) is 0 Å². The molecule has 7 heteroatoms. The van der Waals surface area contributed by atoms with Gasteiger partial charge in [0.15, 0.2) is 0 Å². The molecule has 0 bridgehead atoms. The lowest BCUT2D eigenvalue weighted by molar-refractivity contribution is -0.121. The predicted molar refractivity (Wildman–Crippen MR) is 106 cm³/mol. The second-order valence-electron chi connectivity index (χ2n) is 6.84. The Morgan fingerprint density at radius 3 is 2.56 bits per heavy atom. The molecule has 148 valence electrons. The monoisotopic (exact) mass is 374 g/mol. The number of piperidine rings is 1. The number of rotatable bonds is 5. The van der Waals surface area contributed by atoms with Crippen LogP contribution in [0.4, 0.5) is 10.5 Å². The molecule has 1 heterocycles. The van der Waals surface area contributed by atoms with Gasteiger partial charge >= 0.3 is 6.03 Å². The Morgan fingerprint density at radius 1 is 1.22 bits per heavy atom. The molecular weight excluding hydrogens is 344 g/mol. The number of anilines is 1.